The molecule has 0 aliphatic heterocycles. The Morgan fingerprint density at radius 3 is 2.95 bits per heavy atom. The van der Waals surface area contributed by atoms with Crippen molar-refractivity contribution in [2.24, 2.45) is 5.41 Å². The topological polar surface area (TPSA) is 58.6 Å². The fraction of sp³-hybridized carbons (Fsp3) is 0.533. The second-order valence-electron chi connectivity index (χ2n) is 5.25. The summed E-state index contributed by atoms with van der Waals surface area (Å²) >= 11 is 1.40. The van der Waals surface area contributed by atoms with Gasteiger partial charge in [0.25, 0.3) is 5.91 Å². The Labute approximate surface area is 124 Å². The number of carbonyl (C=O) groups excluding carboxylic acids is 1. The number of aliphatic hydroxyl groups excluding tert-OH is 1. The largest absolute Gasteiger partial charge is 0.385 e. The Hall–Kier alpha value is -1.35. The molecule has 0 saturated heterocycles. The number of aliphatic hydroxyl groups is 1. The zero-order valence-electron chi connectivity index (χ0n) is 12.2. The van der Waals surface area contributed by atoms with Gasteiger partial charge in [0.2, 0.25) is 0 Å². The van der Waals surface area contributed by atoms with Gasteiger partial charge in [-0.3, -0.25) is 4.79 Å². The molecule has 0 bridgehead atoms. The average Bonchev–Trinajstić information content (AvgIpc) is 2.89. The second-order valence-corrected chi connectivity index (χ2v) is 6.16. The summed E-state index contributed by atoms with van der Waals surface area (Å²) in [6, 6.07) is 1.74. The molecular weight excluding hydrogens is 274 g/mol. The van der Waals surface area contributed by atoms with E-state index in [0.29, 0.717) is 18.7 Å². The van der Waals surface area contributed by atoms with Gasteiger partial charge in [0.1, 0.15) is 6.61 Å². The maximum Gasteiger partial charge on any atom is 0.252 e. The fourth-order valence-corrected chi connectivity index (χ4v) is 2.29. The fourth-order valence-electron chi connectivity index (χ4n) is 1.54. The van der Waals surface area contributed by atoms with E-state index in [4.69, 9.17) is 9.84 Å². The van der Waals surface area contributed by atoms with Crippen LogP contribution in [0.1, 0.15) is 35.5 Å². The van der Waals surface area contributed by atoms with Crippen molar-refractivity contribution in [3.63, 3.8) is 0 Å². The molecule has 0 unspecified atom stereocenters. The molecule has 20 heavy (non-hydrogen) atoms. The molecule has 1 heterocycles. The van der Waals surface area contributed by atoms with E-state index in [1.54, 1.807) is 18.6 Å². The van der Waals surface area contributed by atoms with Crippen LogP contribution in [-0.4, -0.2) is 37.9 Å². The lowest BCUT2D eigenvalue weighted by molar-refractivity contribution is 0.0921. The Morgan fingerprint density at radius 2 is 2.30 bits per heavy atom. The summed E-state index contributed by atoms with van der Waals surface area (Å²) < 4.78 is 5.06. The van der Waals surface area contributed by atoms with Crippen LogP contribution in [0.5, 0.6) is 0 Å². The van der Waals surface area contributed by atoms with E-state index in [9.17, 15) is 4.79 Å². The lowest BCUT2D eigenvalue weighted by Gasteiger charge is -2.24. The molecule has 0 atom stereocenters. The van der Waals surface area contributed by atoms with E-state index in [0.717, 1.165) is 11.3 Å². The lowest BCUT2D eigenvalue weighted by atomic mass is 9.89. The highest BCUT2D eigenvalue weighted by Gasteiger charge is 2.19. The minimum atomic E-state index is -0.173. The zero-order valence-corrected chi connectivity index (χ0v) is 13.0. The SMILES string of the molecule is COCCC(C)(C)CNC(=O)c1csc(C#CCO)c1. The van der Waals surface area contributed by atoms with Gasteiger partial charge in [0.05, 0.1) is 10.4 Å². The van der Waals surface area contributed by atoms with Gasteiger partial charge < -0.3 is 15.2 Å². The van der Waals surface area contributed by atoms with Gasteiger partial charge in [-0.1, -0.05) is 25.7 Å². The van der Waals surface area contributed by atoms with Crippen LogP contribution < -0.4 is 5.32 Å². The molecule has 1 aromatic heterocycles. The van der Waals surface area contributed by atoms with E-state index in [1.165, 1.54) is 11.3 Å². The van der Waals surface area contributed by atoms with Gasteiger partial charge >= 0.3 is 0 Å². The molecule has 0 spiro atoms. The molecule has 4 nitrogen and oxygen atoms in total. The summed E-state index contributed by atoms with van der Waals surface area (Å²) in [6.07, 6.45) is 0.890. The van der Waals surface area contributed by atoms with Crippen molar-refractivity contribution in [3.8, 4) is 11.8 Å². The first kappa shape index (κ1) is 16.7. The highest BCUT2D eigenvalue weighted by molar-refractivity contribution is 7.10. The molecule has 0 aliphatic rings. The van der Waals surface area contributed by atoms with Crippen molar-refractivity contribution < 1.29 is 14.6 Å². The average molecular weight is 295 g/mol. The summed E-state index contributed by atoms with van der Waals surface area (Å²) in [7, 11) is 1.68. The predicted octanol–water partition coefficient (Wildman–Crippen LogP) is 1.88. The summed E-state index contributed by atoms with van der Waals surface area (Å²) in [5, 5.41) is 13.3. The Balaban J connectivity index is 2.52. The maximum atomic E-state index is 12.0. The van der Waals surface area contributed by atoms with E-state index >= 15 is 0 Å². The zero-order chi connectivity index (χ0) is 15.0. The molecule has 2 N–H and O–H groups in total. The quantitative estimate of drug-likeness (QED) is 0.788. The number of hydrogen-bond acceptors (Lipinski definition) is 4. The highest BCUT2D eigenvalue weighted by Crippen LogP contribution is 2.19. The summed E-state index contributed by atoms with van der Waals surface area (Å²) in [5.41, 5.74) is 0.612. The smallest absolute Gasteiger partial charge is 0.252 e. The van der Waals surface area contributed by atoms with E-state index in [2.05, 4.69) is 31.0 Å². The van der Waals surface area contributed by atoms with Crippen molar-refractivity contribution >= 4 is 17.2 Å². The van der Waals surface area contributed by atoms with Crippen LogP contribution in [0.25, 0.3) is 0 Å². The third-order valence-electron chi connectivity index (χ3n) is 2.86. The Kier molecular flexibility index (Phi) is 6.73. The van der Waals surface area contributed by atoms with Crippen LogP contribution in [0, 0.1) is 17.3 Å². The summed E-state index contributed by atoms with van der Waals surface area (Å²) in [6.45, 7) is 5.30. The molecule has 1 amide bonds. The summed E-state index contributed by atoms with van der Waals surface area (Å²) in [5.74, 6) is 5.26. The van der Waals surface area contributed by atoms with Gasteiger partial charge in [-0.05, 0) is 17.9 Å². The normalized spacial score (nSPS) is 10.8. The number of amides is 1. The van der Waals surface area contributed by atoms with Crippen LogP contribution >= 0.6 is 11.3 Å². The van der Waals surface area contributed by atoms with Crippen LogP contribution in [0.4, 0.5) is 0 Å². The number of ether oxygens (including phenoxy) is 1. The van der Waals surface area contributed by atoms with Crippen LogP contribution in [0.3, 0.4) is 0 Å². The van der Waals surface area contributed by atoms with E-state index in [1.807, 2.05) is 0 Å². The number of thiophene rings is 1. The van der Waals surface area contributed by atoms with Crippen molar-refractivity contribution in [2.75, 3.05) is 26.9 Å². The monoisotopic (exact) mass is 295 g/mol. The van der Waals surface area contributed by atoms with Crippen molar-refractivity contribution in [1.29, 1.82) is 0 Å². The van der Waals surface area contributed by atoms with E-state index in [-0.39, 0.29) is 17.9 Å². The van der Waals surface area contributed by atoms with Crippen LogP contribution in [-0.2, 0) is 4.74 Å². The number of carbonyl (C=O) groups is 1. The standard InChI is InChI=1S/C15H21NO3S/c1-15(2,6-8-19-3)11-16-14(18)12-9-13(20-10-12)5-4-7-17/h9-10,17H,6-8,11H2,1-3H3,(H,16,18). The van der Waals surface area contributed by atoms with E-state index < -0.39 is 0 Å². The van der Waals surface area contributed by atoms with Crippen molar-refractivity contribution in [1.82, 2.24) is 5.32 Å². The van der Waals surface area contributed by atoms with Crippen LogP contribution in [0.2, 0.25) is 0 Å². The molecule has 0 aliphatic carbocycles. The van der Waals surface area contributed by atoms with Gasteiger partial charge in [-0.15, -0.1) is 11.3 Å². The second kappa shape index (κ2) is 8.05. The van der Waals surface area contributed by atoms with Gasteiger partial charge in [0, 0.05) is 25.6 Å². The molecular formula is C15H21NO3S. The molecule has 0 aromatic carbocycles. The number of methoxy groups -OCH3 is 1. The molecule has 5 heteroatoms. The first-order valence-electron chi connectivity index (χ1n) is 6.44. The molecule has 1 rings (SSSR count). The van der Waals surface area contributed by atoms with Gasteiger partial charge in [-0.2, -0.15) is 0 Å². The third kappa shape index (κ3) is 5.74. The minimum absolute atomic E-state index is 0.00121. The Bertz CT molecular complexity index is 497. The van der Waals surface area contributed by atoms with Crippen molar-refractivity contribution in [2.45, 2.75) is 20.3 Å². The number of nitrogens with one attached hydrogen (secondary N) is 1. The first-order valence-corrected chi connectivity index (χ1v) is 7.32. The molecule has 0 saturated carbocycles. The summed E-state index contributed by atoms with van der Waals surface area (Å²) in [4.78, 5) is 12.8. The first-order chi connectivity index (χ1) is 9.48. The predicted molar refractivity (Wildman–Crippen MR) is 80.9 cm³/mol. The molecule has 0 radical (unpaired) electrons. The lowest BCUT2D eigenvalue weighted by Crippen LogP contribution is -2.34. The third-order valence-corrected chi connectivity index (χ3v) is 3.71. The van der Waals surface area contributed by atoms with Gasteiger partial charge in [0.15, 0.2) is 0 Å². The van der Waals surface area contributed by atoms with Crippen LogP contribution in [0.15, 0.2) is 11.4 Å². The highest BCUT2D eigenvalue weighted by atomic mass is 32.1. The maximum absolute atomic E-state index is 12.0. The van der Waals surface area contributed by atoms with Crippen molar-refractivity contribution in [3.05, 3.63) is 21.9 Å². The van der Waals surface area contributed by atoms with Gasteiger partial charge in [-0.25, -0.2) is 0 Å². The molecule has 0 fully saturated rings. The minimum Gasteiger partial charge on any atom is -0.385 e. The number of rotatable bonds is 6. The Morgan fingerprint density at radius 1 is 1.55 bits per heavy atom. The number of hydrogen-bond donors (Lipinski definition) is 2. The molecule has 110 valence electrons. The molecule has 1 aromatic rings.